The van der Waals surface area contributed by atoms with Crippen molar-refractivity contribution in [2.75, 3.05) is 19.6 Å². The zero-order valence-corrected chi connectivity index (χ0v) is 17.6. The average molecular weight is 416 g/mol. The molecular formula is C19H25BCl2FNO3. The van der Waals surface area contributed by atoms with Crippen molar-refractivity contribution in [3.8, 4) is 0 Å². The molecule has 3 rings (SSSR count). The number of halogens is 3. The van der Waals surface area contributed by atoms with E-state index in [-0.39, 0.29) is 0 Å². The Balaban J connectivity index is 1.99. The van der Waals surface area contributed by atoms with Crippen molar-refractivity contribution in [1.29, 1.82) is 0 Å². The fourth-order valence-corrected chi connectivity index (χ4v) is 3.81. The van der Waals surface area contributed by atoms with Gasteiger partial charge in [-0.25, -0.2) is 4.39 Å². The maximum atomic E-state index is 15.6. The zero-order chi connectivity index (χ0) is 20.0. The third-order valence-electron chi connectivity index (χ3n) is 5.63. The van der Waals surface area contributed by atoms with Gasteiger partial charge in [0, 0.05) is 35.3 Å². The Kier molecular flexibility index (Phi) is 5.98. The minimum atomic E-state index is -1.11. The van der Waals surface area contributed by atoms with Crippen molar-refractivity contribution < 1.29 is 18.8 Å². The van der Waals surface area contributed by atoms with Gasteiger partial charge in [-0.3, -0.25) is 4.90 Å². The molecular weight excluding hydrogens is 391 g/mol. The molecule has 1 N–H and O–H groups in total. The van der Waals surface area contributed by atoms with Crippen LogP contribution in [0.15, 0.2) is 23.9 Å². The van der Waals surface area contributed by atoms with Crippen LogP contribution in [0.3, 0.4) is 0 Å². The van der Waals surface area contributed by atoms with Gasteiger partial charge >= 0.3 is 7.12 Å². The molecule has 8 heteroatoms. The molecule has 27 heavy (non-hydrogen) atoms. The number of aliphatic hydroxyl groups excluding tert-OH is 1. The summed E-state index contributed by atoms with van der Waals surface area (Å²) in [5.41, 5.74) is -0.847. The van der Waals surface area contributed by atoms with Gasteiger partial charge in [-0.2, -0.15) is 0 Å². The summed E-state index contributed by atoms with van der Waals surface area (Å²) in [6, 6.07) is 4.98. The zero-order valence-electron chi connectivity index (χ0n) is 16.1. The average Bonchev–Trinajstić information content (AvgIpc) is 3.05. The third-order valence-corrected chi connectivity index (χ3v) is 6.18. The van der Waals surface area contributed by atoms with E-state index in [1.54, 1.807) is 18.2 Å². The molecule has 0 radical (unpaired) electrons. The van der Waals surface area contributed by atoms with Crippen LogP contribution in [0.25, 0.3) is 5.57 Å². The maximum Gasteiger partial charge on any atom is 0.525 e. The van der Waals surface area contributed by atoms with Crippen LogP contribution < -0.4 is 0 Å². The van der Waals surface area contributed by atoms with Gasteiger partial charge in [0.15, 0.2) is 0 Å². The monoisotopic (exact) mass is 415 g/mol. The fraction of sp³-hybridized carbons (Fsp3) is 0.579. The molecule has 0 bridgehead atoms. The highest BCUT2D eigenvalue weighted by Crippen LogP contribution is 2.41. The van der Waals surface area contributed by atoms with Crippen LogP contribution >= 0.6 is 23.2 Å². The molecule has 2 aliphatic heterocycles. The van der Waals surface area contributed by atoms with Gasteiger partial charge in [0.2, 0.25) is 0 Å². The van der Waals surface area contributed by atoms with Crippen molar-refractivity contribution in [3.05, 3.63) is 39.5 Å². The molecule has 0 aliphatic carbocycles. The lowest BCUT2D eigenvalue weighted by atomic mass is 9.82. The van der Waals surface area contributed by atoms with Gasteiger partial charge in [0.25, 0.3) is 0 Å². The lowest BCUT2D eigenvalue weighted by Gasteiger charge is -2.32. The van der Waals surface area contributed by atoms with E-state index in [4.69, 9.17) is 32.5 Å². The lowest BCUT2D eigenvalue weighted by molar-refractivity contribution is 0.00578. The third kappa shape index (κ3) is 4.36. The molecule has 4 nitrogen and oxygen atoms in total. The van der Waals surface area contributed by atoms with E-state index in [1.807, 2.05) is 32.6 Å². The molecule has 0 spiro atoms. The second kappa shape index (κ2) is 7.66. The first-order valence-corrected chi connectivity index (χ1v) is 9.86. The van der Waals surface area contributed by atoms with Crippen LogP contribution in [-0.4, -0.2) is 54.1 Å². The highest BCUT2D eigenvalue weighted by Gasteiger charge is 2.53. The molecule has 1 atom stereocenters. The molecule has 0 saturated carbocycles. The predicted octanol–water partition coefficient (Wildman–Crippen LogP) is 4.37. The SMILES string of the molecule is CC1(C)OB(C(F)=C(CN2CCC(O)C2)c2ccc(Cl)cc2Cl)OC1(C)C. The fourth-order valence-electron chi connectivity index (χ4n) is 3.29. The van der Waals surface area contributed by atoms with E-state index in [2.05, 4.69) is 0 Å². The first-order valence-electron chi connectivity index (χ1n) is 9.10. The Labute approximate surface area is 170 Å². The van der Waals surface area contributed by atoms with Crippen molar-refractivity contribution in [1.82, 2.24) is 4.90 Å². The minimum absolute atomic E-state index is 0.300. The van der Waals surface area contributed by atoms with Crippen LogP contribution in [-0.2, 0) is 9.31 Å². The molecule has 2 saturated heterocycles. The molecule has 2 fully saturated rings. The van der Waals surface area contributed by atoms with Gasteiger partial charge in [-0.05, 0) is 51.8 Å². The Hall–Kier alpha value is -0.625. The number of hydrogen-bond donors (Lipinski definition) is 1. The summed E-state index contributed by atoms with van der Waals surface area (Å²) >= 11 is 12.4. The van der Waals surface area contributed by atoms with Gasteiger partial charge in [0.05, 0.1) is 17.3 Å². The topological polar surface area (TPSA) is 41.9 Å². The van der Waals surface area contributed by atoms with Crippen LogP contribution in [0.5, 0.6) is 0 Å². The quantitative estimate of drug-likeness (QED) is 0.741. The molecule has 0 aromatic heterocycles. The van der Waals surface area contributed by atoms with Crippen molar-refractivity contribution in [2.45, 2.75) is 51.4 Å². The van der Waals surface area contributed by atoms with E-state index in [0.717, 1.165) is 0 Å². The summed E-state index contributed by atoms with van der Waals surface area (Å²) in [7, 11) is -1.11. The van der Waals surface area contributed by atoms with Crippen LogP contribution in [0, 0.1) is 0 Å². The molecule has 0 amide bonds. The van der Waals surface area contributed by atoms with E-state index in [9.17, 15) is 5.11 Å². The van der Waals surface area contributed by atoms with Crippen molar-refractivity contribution in [3.63, 3.8) is 0 Å². The summed E-state index contributed by atoms with van der Waals surface area (Å²) in [5, 5.41) is 10.7. The molecule has 2 aliphatic rings. The van der Waals surface area contributed by atoms with Crippen molar-refractivity contribution >= 4 is 35.9 Å². The lowest BCUT2D eigenvalue weighted by Crippen LogP contribution is -2.41. The Morgan fingerprint density at radius 2 is 1.89 bits per heavy atom. The standard InChI is InChI=1S/C19H25BCl2FNO3/c1-18(2)19(3,4)27-20(26-18)17(23)15(11-24-8-7-13(25)10-24)14-6-5-12(21)9-16(14)22/h5-6,9,13,25H,7-8,10-11H2,1-4H3. The number of β-amino-alcohol motifs (C(OH)–C–C–N with tert-alkyl or cyclic N) is 1. The number of nitrogens with zero attached hydrogens (tertiary/aromatic N) is 1. The summed E-state index contributed by atoms with van der Waals surface area (Å²) in [6.07, 6.45) is 0.270. The molecule has 1 aromatic rings. The summed E-state index contributed by atoms with van der Waals surface area (Å²) in [6.45, 7) is 9.00. The Morgan fingerprint density at radius 3 is 2.41 bits per heavy atom. The highest BCUT2D eigenvalue weighted by molar-refractivity contribution is 6.55. The number of likely N-dealkylation sites (tertiary alicyclic amines) is 1. The Bertz CT molecular complexity index is 740. The second-order valence-corrected chi connectivity index (χ2v) is 9.06. The van der Waals surface area contributed by atoms with E-state index in [0.29, 0.717) is 47.2 Å². The minimum Gasteiger partial charge on any atom is -0.398 e. The van der Waals surface area contributed by atoms with Crippen LogP contribution in [0.4, 0.5) is 4.39 Å². The first kappa shape index (κ1) is 21.1. The molecule has 2 heterocycles. The van der Waals surface area contributed by atoms with Gasteiger partial charge in [-0.15, -0.1) is 0 Å². The van der Waals surface area contributed by atoms with Crippen molar-refractivity contribution in [2.24, 2.45) is 0 Å². The predicted molar refractivity (Wildman–Crippen MR) is 108 cm³/mol. The largest absolute Gasteiger partial charge is 0.525 e. The van der Waals surface area contributed by atoms with E-state index < -0.39 is 30.2 Å². The van der Waals surface area contributed by atoms with Gasteiger partial charge in [0.1, 0.15) is 5.73 Å². The normalized spacial score (nSPS) is 25.8. The molecule has 1 aromatic carbocycles. The van der Waals surface area contributed by atoms with Crippen LogP contribution in [0.2, 0.25) is 10.0 Å². The molecule has 148 valence electrons. The number of rotatable bonds is 4. The Morgan fingerprint density at radius 1 is 1.26 bits per heavy atom. The van der Waals surface area contributed by atoms with Crippen LogP contribution in [0.1, 0.15) is 39.7 Å². The second-order valence-electron chi connectivity index (χ2n) is 8.22. The number of aliphatic hydroxyl groups is 1. The number of hydrogen-bond acceptors (Lipinski definition) is 4. The smallest absolute Gasteiger partial charge is 0.398 e. The molecule has 1 unspecified atom stereocenters. The summed E-state index contributed by atoms with van der Waals surface area (Å²) < 4.78 is 27.4. The summed E-state index contributed by atoms with van der Waals surface area (Å²) in [5.74, 6) is 0. The van der Waals surface area contributed by atoms with Gasteiger partial charge in [-0.1, -0.05) is 29.3 Å². The summed E-state index contributed by atoms with van der Waals surface area (Å²) in [4.78, 5) is 2.00. The highest BCUT2D eigenvalue weighted by atomic mass is 35.5. The first-order chi connectivity index (χ1) is 12.5. The van der Waals surface area contributed by atoms with Gasteiger partial charge < -0.3 is 14.4 Å². The van der Waals surface area contributed by atoms with E-state index in [1.165, 1.54) is 0 Å². The maximum absolute atomic E-state index is 15.6. The van der Waals surface area contributed by atoms with E-state index >= 15 is 4.39 Å². The number of benzene rings is 1.